The number of piperazine rings is 1. The lowest BCUT2D eigenvalue weighted by Crippen LogP contribution is -2.51. The van der Waals surface area contributed by atoms with Crippen LogP contribution in [0.4, 0.5) is 9.18 Å². The Morgan fingerprint density at radius 3 is 2.48 bits per heavy atom. The van der Waals surface area contributed by atoms with Gasteiger partial charge in [-0.15, -0.1) is 0 Å². The molecule has 0 atom stereocenters. The van der Waals surface area contributed by atoms with E-state index in [0.29, 0.717) is 5.25 Å². The molecule has 2 rings (SSSR count). The standard InChI is InChI=1S/C17H26FN3OS/c1-14(2)23-12-7-19-17(22)21-10-8-20(9-11-21)13-15-3-5-16(18)6-4-15/h3-6,14H,7-13H2,1-2H3,(H,19,22). The van der Waals surface area contributed by atoms with Crippen LogP contribution in [0, 0.1) is 5.82 Å². The smallest absolute Gasteiger partial charge is 0.317 e. The van der Waals surface area contributed by atoms with Gasteiger partial charge in [0.05, 0.1) is 0 Å². The van der Waals surface area contributed by atoms with Gasteiger partial charge in [0.15, 0.2) is 0 Å². The first-order valence-corrected chi connectivity index (χ1v) is 9.20. The normalized spacial score (nSPS) is 15.9. The van der Waals surface area contributed by atoms with Gasteiger partial charge in [-0.05, 0) is 22.9 Å². The van der Waals surface area contributed by atoms with Crippen molar-refractivity contribution in [3.63, 3.8) is 0 Å². The summed E-state index contributed by atoms with van der Waals surface area (Å²) in [6, 6.07) is 6.67. The number of nitrogens with zero attached hydrogens (tertiary/aromatic N) is 2. The summed E-state index contributed by atoms with van der Waals surface area (Å²) in [5.41, 5.74) is 1.11. The summed E-state index contributed by atoms with van der Waals surface area (Å²) < 4.78 is 12.9. The van der Waals surface area contributed by atoms with Gasteiger partial charge < -0.3 is 10.2 Å². The third-order valence-electron chi connectivity index (χ3n) is 3.81. The van der Waals surface area contributed by atoms with E-state index in [1.54, 1.807) is 0 Å². The second kappa shape index (κ2) is 9.13. The number of carbonyl (C=O) groups is 1. The number of nitrogens with one attached hydrogen (secondary N) is 1. The number of thioether (sulfide) groups is 1. The van der Waals surface area contributed by atoms with Crippen molar-refractivity contribution in [3.8, 4) is 0 Å². The molecule has 1 fully saturated rings. The van der Waals surface area contributed by atoms with Gasteiger partial charge in [-0.2, -0.15) is 11.8 Å². The molecule has 1 aliphatic rings. The van der Waals surface area contributed by atoms with E-state index in [-0.39, 0.29) is 11.8 Å². The van der Waals surface area contributed by atoms with E-state index in [4.69, 9.17) is 0 Å². The maximum absolute atomic E-state index is 12.9. The lowest BCUT2D eigenvalue weighted by Gasteiger charge is -2.34. The van der Waals surface area contributed by atoms with Gasteiger partial charge in [0.25, 0.3) is 0 Å². The molecule has 0 spiro atoms. The summed E-state index contributed by atoms with van der Waals surface area (Å²) in [6.45, 7) is 9.03. The molecule has 0 saturated carbocycles. The van der Waals surface area contributed by atoms with Crippen LogP contribution in [0.25, 0.3) is 0 Å². The lowest BCUT2D eigenvalue weighted by atomic mass is 10.2. The lowest BCUT2D eigenvalue weighted by molar-refractivity contribution is 0.135. The van der Waals surface area contributed by atoms with E-state index in [1.807, 2.05) is 28.8 Å². The molecular formula is C17H26FN3OS. The summed E-state index contributed by atoms with van der Waals surface area (Å²) in [5.74, 6) is 0.749. The highest BCUT2D eigenvalue weighted by molar-refractivity contribution is 7.99. The fourth-order valence-electron chi connectivity index (χ4n) is 2.52. The molecule has 1 aliphatic heterocycles. The van der Waals surface area contributed by atoms with Crippen LogP contribution in [0.3, 0.4) is 0 Å². The Morgan fingerprint density at radius 2 is 1.87 bits per heavy atom. The first kappa shape index (κ1) is 18.1. The van der Waals surface area contributed by atoms with Gasteiger partial charge in [0.2, 0.25) is 0 Å². The average Bonchev–Trinajstić information content (AvgIpc) is 2.54. The molecule has 0 radical (unpaired) electrons. The van der Waals surface area contributed by atoms with Crippen molar-refractivity contribution in [2.75, 3.05) is 38.5 Å². The van der Waals surface area contributed by atoms with Gasteiger partial charge in [-0.1, -0.05) is 26.0 Å². The molecular weight excluding hydrogens is 313 g/mol. The number of rotatable bonds is 6. The summed E-state index contributed by atoms with van der Waals surface area (Å²) in [6.07, 6.45) is 0. The van der Waals surface area contributed by atoms with Crippen LogP contribution >= 0.6 is 11.8 Å². The van der Waals surface area contributed by atoms with Crippen molar-refractivity contribution in [1.29, 1.82) is 0 Å². The largest absolute Gasteiger partial charge is 0.337 e. The van der Waals surface area contributed by atoms with E-state index in [2.05, 4.69) is 24.1 Å². The quantitative estimate of drug-likeness (QED) is 0.810. The zero-order valence-corrected chi connectivity index (χ0v) is 14.7. The number of halogens is 1. The zero-order valence-electron chi connectivity index (χ0n) is 13.9. The Balaban J connectivity index is 1.66. The Morgan fingerprint density at radius 1 is 1.22 bits per heavy atom. The average molecular weight is 339 g/mol. The van der Waals surface area contributed by atoms with E-state index in [0.717, 1.165) is 50.6 Å². The van der Waals surface area contributed by atoms with Crippen LogP contribution < -0.4 is 5.32 Å². The molecule has 1 N–H and O–H groups in total. The van der Waals surface area contributed by atoms with E-state index in [9.17, 15) is 9.18 Å². The van der Waals surface area contributed by atoms with Gasteiger partial charge in [-0.25, -0.2) is 9.18 Å². The predicted molar refractivity (Wildman–Crippen MR) is 94.2 cm³/mol. The van der Waals surface area contributed by atoms with Crippen molar-refractivity contribution in [3.05, 3.63) is 35.6 Å². The number of amides is 2. The monoisotopic (exact) mass is 339 g/mol. The van der Waals surface area contributed by atoms with Crippen molar-refractivity contribution >= 4 is 17.8 Å². The first-order chi connectivity index (χ1) is 11.0. The minimum absolute atomic E-state index is 0.0378. The highest BCUT2D eigenvalue weighted by atomic mass is 32.2. The van der Waals surface area contributed by atoms with Gasteiger partial charge in [-0.3, -0.25) is 4.90 Å². The van der Waals surface area contributed by atoms with Crippen LogP contribution in [0.15, 0.2) is 24.3 Å². The fourth-order valence-corrected chi connectivity index (χ4v) is 3.21. The van der Waals surface area contributed by atoms with Crippen LogP contribution in [0.1, 0.15) is 19.4 Å². The van der Waals surface area contributed by atoms with Crippen LogP contribution in [-0.2, 0) is 6.54 Å². The third-order valence-corrected chi connectivity index (χ3v) is 4.91. The Kier molecular flexibility index (Phi) is 7.17. The first-order valence-electron chi connectivity index (χ1n) is 8.16. The van der Waals surface area contributed by atoms with Gasteiger partial charge in [0.1, 0.15) is 5.82 Å². The van der Waals surface area contributed by atoms with Gasteiger partial charge >= 0.3 is 6.03 Å². The zero-order chi connectivity index (χ0) is 16.7. The van der Waals surface area contributed by atoms with Crippen LogP contribution in [-0.4, -0.2) is 59.6 Å². The Hall–Kier alpha value is -1.27. The highest BCUT2D eigenvalue weighted by Crippen LogP contribution is 2.10. The van der Waals surface area contributed by atoms with Crippen molar-refractivity contribution < 1.29 is 9.18 Å². The molecule has 1 heterocycles. The van der Waals surface area contributed by atoms with Crippen molar-refractivity contribution in [2.24, 2.45) is 0 Å². The Labute approximate surface area is 142 Å². The highest BCUT2D eigenvalue weighted by Gasteiger charge is 2.20. The molecule has 23 heavy (non-hydrogen) atoms. The van der Waals surface area contributed by atoms with Crippen LogP contribution in [0.2, 0.25) is 0 Å². The molecule has 128 valence electrons. The van der Waals surface area contributed by atoms with Crippen LogP contribution in [0.5, 0.6) is 0 Å². The minimum Gasteiger partial charge on any atom is -0.337 e. The number of urea groups is 1. The summed E-state index contributed by atoms with van der Waals surface area (Å²) >= 11 is 1.85. The van der Waals surface area contributed by atoms with Crippen molar-refractivity contribution in [1.82, 2.24) is 15.1 Å². The van der Waals surface area contributed by atoms with E-state index in [1.165, 1.54) is 12.1 Å². The molecule has 2 amide bonds. The maximum Gasteiger partial charge on any atom is 0.317 e. The summed E-state index contributed by atoms with van der Waals surface area (Å²) in [5, 5.41) is 3.58. The molecule has 1 saturated heterocycles. The fraction of sp³-hybridized carbons (Fsp3) is 0.588. The third kappa shape index (κ3) is 6.39. The molecule has 1 aromatic carbocycles. The Bertz CT molecular complexity index is 487. The summed E-state index contributed by atoms with van der Waals surface area (Å²) in [4.78, 5) is 16.3. The molecule has 4 nitrogen and oxygen atoms in total. The van der Waals surface area contributed by atoms with Crippen molar-refractivity contribution in [2.45, 2.75) is 25.6 Å². The SMILES string of the molecule is CC(C)SCCNC(=O)N1CCN(Cc2ccc(F)cc2)CC1. The predicted octanol–water partition coefficient (Wildman–Crippen LogP) is 2.79. The molecule has 0 aliphatic carbocycles. The molecule has 6 heteroatoms. The molecule has 0 bridgehead atoms. The second-order valence-electron chi connectivity index (χ2n) is 6.04. The van der Waals surface area contributed by atoms with Gasteiger partial charge in [0, 0.05) is 45.0 Å². The number of carbonyl (C=O) groups excluding carboxylic acids is 1. The minimum atomic E-state index is -0.203. The maximum atomic E-state index is 12.9. The number of hydrogen-bond donors (Lipinski definition) is 1. The summed E-state index contributed by atoms with van der Waals surface area (Å²) in [7, 11) is 0. The molecule has 0 aromatic heterocycles. The number of hydrogen-bond acceptors (Lipinski definition) is 3. The second-order valence-corrected chi connectivity index (χ2v) is 7.73. The molecule has 0 unspecified atom stereocenters. The van der Waals surface area contributed by atoms with E-state index < -0.39 is 0 Å². The topological polar surface area (TPSA) is 35.6 Å². The number of benzene rings is 1. The molecule has 1 aromatic rings. The van der Waals surface area contributed by atoms with E-state index >= 15 is 0 Å².